The molecule has 3 rings (SSSR count). The van der Waals surface area contributed by atoms with Gasteiger partial charge in [-0.05, 0) is 55.5 Å². The number of hydrogen-bond donors (Lipinski definition) is 2. The van der Waals surface area contributed by atoms with Crippen LogP contribution in [-0.4, -0.2) is 30.4 Å². The average molecular weight is 445 g/mol. The normalized spacial score (nSPS) is 11.4. The molecule has 2 amide bonds. The first-order valence-electron chi connectivity index (χ1n) is 10.8. The van der Waals surface area contributed by atoms with E-state index in [4.69, 9.17) is 4.74 Å². The van der Waals surface area contributed by atoms with Crippen molar-refractivity contribution in [3.05, 3.63) is 101 Å². The van der Waals surface area contributed by atoms with E-state index < -0.39 is 18.0 Å². The predicted molar refractivity (Wildman–Crippen MR) is 128 cm³/mol. The van der Waals surface area contributed by atoms with Gasteiger partial charge >= 0.3 is 5.97 Å². The van der Waals surface area contributed by atoms with Gasteiger partial charge in [-0.3, -0.25) is 9.59 Å². The summed E-state index contributed by atoms with van der Waals surface area (Å²) < 4.78 is 5.38. The first-order chi connectivity index (χ1) is 15.8. The molecule has 0 aromatic heterocycles. The van der Waals surface area contributed by atoms with E-state index in [1.54, 1.807) is 12.1 Å². The number of aryl methyl sites for hydroxylation is 2. The number of nitrogens with one attached hydrogen (secondary N) is 2. The van der Waals surface area contributed by atoms with Gasteiger partial charge in [-0.1, -0.05) is 66.7 Å². The van der Waals surface area contributed by atoms with Crippen LogP contribution in [0.4, 0.5) is 5.69 Å². The molecule has 3 aromatic carbocycles. The van der Waals surface area contributed by atoms with Crippen LogP contribution in [-0.2, 0) is 20.7 Å². The van der Waals surface area contributed by atoms with E-state index in [0.29, 0.717) is 12.0 Å². The Kier molecular flexibility index (Phi) is 7.97. The Labute approximate surface area is 194 Å². The third-order valence-electron chi connectivity index (χ3n) is 5.30. The Morgan fingerprint density at radius 3 is 2.18 bits per heavy atom. The smallest absolute Gasteiger partial charge is 0.339 e. The summed E-state index contributed by atoms with van der Waals surface area (Å²) in [6.07, 6.45) is -0.471. The number of amides is 2. The molecule has 0 bridgehead atoms. The van der Waals surface area contributed by atoms with Gasteiger partial charge < -0.3 is 15.4 Å². The molecule has 6 nitrogen and oxygen atoms in total. The molecule has 0 saturated carbocycles. The molecule has 0 spiro atoms. The summed E-state index contributed by atoms with van der Waals surface area (Å²) in [5.74, 6) is -1.47. The van der Waals surface area contributed by atoms with Crippen LogP contribution in [0.1, 0.15) is 39.5 Å². The Morgan fingerprint density at radius 2 is 1.48 bits per heavy atom. The average Bonchev–Trinajstić information content (AvgIpc) is 2.81. The number of carbonyl (C=O) groups is 3. The van der Waals surface area contributed by atoms with Gasteiger partial charge in [-0.2, -0.15) is 0 Å². The summed E-state index contributed by atoms with van der Waals surface area (Å²) in [6, 6.07) is 22.7. The maximum Gasteiger partial charge on any atom is 0.339 e. The van der Waals surface area contributed by atoms with Crippen molar-refractivity contribution in [3.63, 3.8) is 0 Å². The van der Waals surface area contributed by atoms with Crippen LogP contribution >= 0.6 is 0 Å². The third-order valence-corrected chi connectivity index (χ3v) is 5.30. The quantitative estimate of drug-likeness (QED) is 0.510. The molecule has 6 heteroatoms. The minimum absolute atomic E-state index is 0.223. The zero-order valence-electron chi connectivity index (χ0n) is 19.1. The molecular formula is C27H28N2O4. The first kappa shape index (κ1) is 23.7. The highest BCUT2D eigenvalue weighted by Gasteiger charge is 2.21. The first-order valence-corrected chi connectivity index (χ1v) is 10.8. The fraction of sp³-hybridized carbons (Fsp3) is 0.222. The van der Waals surface area contributed by atoms with Crippen LogP contribution in [0.25, 0.3) is 0 Å². The molecule has 3 aromatic rings. The highest BCUT2D eigenvalue weighted by Crippen LogP contribution is 2.19. The summed E-state index contributed by atoms with van der Waals surface area (Å²) >= 11 is 0. The predicted octanol–water partition coefficient (Wildman–Crippen LogP) is 4.19. The molecule has 2 N–H and O–H groups in total. The number of benzene rings is 3. The van der Waals surface area contributed by atoms with Crippen molar-refractivity contribution in [2.75, 3.05) is 11.9 Å². The molecule has 0 aliphatic rings. The number of esters is 1. The lowest BCUT2D eigenvalue weighted by molar-refractivity contribution is -0.130. The molecule has 1 unspecified atom stereocenters. The molecule has 0 aliphatic carbocycles. The monoisotopic (exact) mass is 444 g/mol. The van der Waals surface area contributed by atoms with E-state index >= 15 is 0 Å². The number of anilines is 1. The van der Waals surface area contributed by atoms with Gasteiger partial charge in [0.15, 0.2) is 6.10 Å². The van der Waals surface area contributed by atoms with Crippen LogP contribution in [0, 0.1) is 13.8 Å². The Balaban J connectivity index is 1.55. The highest BCUT2D eigenvalue weighted by atomic mass is 16.5. The minimum atomic E-state index is -1.05. The van der Waals surface area contributed by atoms with Gasteiger partial charge in [0.05, 0.1) is 12.1 Å². The number of para-hydroxylation sites is 1. The number of hydrogen-bond acceptors (Lipinski definition) is 4. The van der Waals surface area contributed by atoms with Crippen LogP contribution < -0.4 is 10.6 Å². The van der Waals surface area contributed by atoms with Crippen molar-refractivity contribution in [1.82, 2.24) is 5.32 Å². The lowest BCUT2D eigenvalue weighted by Crippen LogP contribution is -2.40. The summed E-state index contributed by atoms with van der Waals surface area (Å²) in [7, 11) is 0. The number of ether oxygens (including phenoxy) is 1. The van der Waals surface area contributed by atoms with Crippen molar-refractivity contribution in [1.29, 1.82) is 0 Å². The van der Waals surface area contributed by atoms with Crippen molar-refractivity contribution in [2.24, 2.45) is 0 Å². The summed E-state index contributed by atoms with van der Waals surface area (Å²) in [5, 5.41) is 5.33. The molecule has 0 heterocycles. The van der Waals surface area contributed by atoms with Crippen molar-refractivity contribution in [2.45, 2.75) is 33.3 Å². The van der Waals surface area contributed by atoms with Gasteiger partial charge in [-0.15, -0.1) is 0 Å². The van der Waals surface area contributed by atoms with Crippen LogP contribution in [0.5, 0.6) is 0 Å². The number of rotatable bonds is 8. The van der Waals surface area contributed by atoms with Gasteiger partial charge in [-0.25, -0.2) is 4.79 Å². The highest BCUT2D eigenvalue weighted by molar-refractivity contribution is 5.97. The van der Waals surface area contributed by atoms with E-state index in [2.05, 4.69) is 10.6 Å². The van der Waals surface area contributed by atoms with Crippen molar-refractivity contribution in [3.8, 4) is 0 Å². The second-order valence-corrected chi connectivity index (χ2v) is 7.90. The van der Waals surface area contributed by atoms with Crippen LogP contribution in [0.2, 0.25) is 0 Å². The van der Waals surface area contributed by atoms with E-state index in [9.17, 15) is 14.4 Å². The van der Waals surface area contributed by atoms with Crippen LogP contribution in [0.3, 0.4) is 0 Å². The molecule has 0 fully saturated rings. The summed E-state index contributed by atoms with van der Waals surface area (Å²) in [6.45, 7) is 5.06. The molecule has 0 radical (unpaired) electrons. The molecule has 170 valence electrons. The molecule has 1 atom stereocenters. The van der Waals surface area contributed by atoms with Gasteiger partial charge in [0.1, 0.15) is 0 Å². The molecule has 33 heavy (non-hydrogen) atoms. The maximum absolute atomic E-state index is 12.7. The van der Waals surface area contributed by atoms with E-state index in [1.807, 2.05) is 74.5 Å². The zero-order chi connectivity index (χ0) is 23.8. The second-order valence-electron chi connectivity index (χ2n) is 7.90. The SMILES string of the molecule is Cc1cccc(C)c1NC(=O)CNC(=O)C(C)OC(=O)c1ccccc1Cc1ccccc1. The van der Waals surface area contributed by atoms with Crippen LogP contribution in [0.15, 0.2) is 72.8 Å². The molecular weight excluding hydrogens is 416 g/mol. The van der Waals surface area contributed by atoms with E-state index in [-0.39, 0.29) is 12.5 Å². The fourth-order valence-corrected chi connectivity index (χ4v) is 3.47. The van der Waals surface area contributed by atoms with Gasteiger partial charge in [0, 0.05) is 5.69 Å². The third kappa shape index (κ3) is 6.53. The van der Waals surface area contributed by atoms with E-state index in [0.717, 1.165) is 27.9 Å². The minimum Gasteiger partial charge on any atom is -0.449 e. The topological polar surface area (TPSA) is 84.5 Å². The Bertz CT molecular complexity index is 1120. The Morgan fingerprint density at radius 1 is 0.848 bits per heavy atom. The maximum atomic E-state index is 12.7. The summed E-state index contributed by atoms with van der Waals surface area (Å²) in [4.78, 5) is 37.4. The van der Waals surface area contributed by atoms with Gasteiger partial charge in [0.2, 0.25) is 5.91 Å². The summed E-state index contributed by atoms with van der Waals surface area (Å²) in [5.41, 5.74) is 4.89. The molecule has 0 aliphatic heterocycles. The fourth-order valence-electron chi connectivity index (χ4n) is 3.47. The largest absolute Gasteiger partial charge is 0.449 e. The standard InChI is InChI=1S/C27H28N2O4/c1-18-10-9-11-19(2)25(18)29-24(30)17-28-26(31)20(3)33-27(32)23-15-8-7-14-22(23)16-21-12-5-4-6-13-21/h4-15,20H,16-17H2,1-3H3,(H,28,31)(H,29,30). The number of carbonyl (C=O) groups excluding carboxylic acids is 3. The Hall–Kier alpha value is -3.93. The lowest BCUT2D eigenvalue weighted by atomic mass is 10.00. The van der Waals surface area contributed by atoms with Crippen molar-refractivity contribution < 1.29 is 19.1 Å². The lowest BCUT2D eigenvalue weighted by Gasteiger charge is -2.16. The second kappa shape index (κ2) is 11.1. The van der Waals surface area contributed by atoms with Crippen molar-refractivity contribution >= 4 is 23.5 Å². The zero-order valence-corrected chi connectivity index (χ0v) is 19.1. The molecule has 0 saturated heterocycles. The van der Waals surface area contributed by atoms with Gasteiger partial charge in [0.25, 0.3) is 5.91 Å². The van der Waals surface area contributed by atoms with E-state index in [1.165, 1.54) is 6.92 Å².